The Balaban J connectivity index is 1.73. The van der Waals surface area contributed by atoms with Crippen LogP contribution in [0.25, 0.3) is 10.9 Å². The first-order chi connectivity index (χ1) is 12.6. The molecule has 0 bridgehead atoms. The molecule has 2 amide bonds. The molecule has 0 N–H and O–H groups in total. The van der Waals surface area contributed by atoms with Crippen molar-refractivity contribution in [2.45, 2.75) is 11.8 Å². The first kappa shape index (κ1) is 16.4. The highest BCUT2D eigenvalue weighted by Crippen LogP contribution is 2.41. The zero-order valence-electron chi connectivity index (χ0n) is 14.0. The van der Waals surface area contributed by atoms with Crippen LogP contribution in [-0.4, -0.2) is 27.7 Å². The monoisotopic (exact) mass is 361 g/mol. The van der Waals surface area contributed by atoms with Crippen LogP contribution in [0.1, 0.15) is 21.9 Å². The number of hydrogen-bond donors (Lipinski definition) is 0. The van der Waals surface area contributed by atoms with Gasteiger partial charge in [0.2, 0.25) is 5.91 Å². The smallest absolute Gasteiger partial charge is 0.289 e. The van der Waals surface area contributed by atoms with Crippen molar-refractivity contribution in [1.29, 1.82) is 5.26 Å². The van der Waals surface area contributed by atoms with Gasteiger partial charge in [0.15, 0.2) is 0 Å². The molecule has 2 heterocycles. The highest BCUT2D eigenvalue weighted by atomic mass is 32.2. The average Bonchev–Trinajstić information content (AvgIpc) is 3.18. The van der Waals surface area contributed by atoms with Crippen LogP contribution in [0.4, 0.5) is 4.79 Å². The van der Waals surface area contributed by atoms with Crippen molar-refractivity contribution in [2.75, 3.05) is 7.05 Å². The molecule has 5 nitrogen and oxygen atoms in total. The number of thioether (sulfide) groups is 1. The van der Waals surface area contributed by atoms with E-state index in [1.807, 2.05) is 48.7 Å². The third kappa shape index (κ3) is 2.67. The Labute approximate surface area is 154 Å². The molecule has 3 aromatic rings. The molecule has 1 unspecified atom stereocenters. The molecule has 0 aliphatic carbocycles. The van der Waals surface area contributed by atoms with Gasteiger partial charge in [0, 0.05) is 30.7 Å². The lowest BCUT2D eigenvalue weighted by atomic mass is 10.1. The Kier molecular flexibility index (Phi) is 4.02. The summed E-state index contributed by atoms with van der Waals surface area (Å²) < 4.78 is 2.09. The summed E-state index contributed by atoms with van der Waals surface area (Å²) >= 11 is 1.06. The maximum Gasteiger partial charge on any atom is 0.289 e. The van der Waals surface area contributed by atoms with Crippen molar-refractivity contribution < 1.29 is 9.59 Å². The highest BCUT2D eigenvalue weighted by molar-refractivity contribution is 8.15. The van der Waals surface area contributed by atoms with Gasteiger partial charge < -0.3 is 4.57 Å². The van der Waals surface area contributed by atoms with E-state index in [4.69, 9.17) is 5.26 Å². The molecule has 26 heavy (non-hydrogen) atoms. The number of fused-ring (bicyclic) bond motifs is 1. The molecule has 0 radical (unpaired) electrons. The number of nitriles is 1. The van der Waals surface area contributed by atoms with E-state index in [9.17, 15) is 9.59 Å². The Bertz CT molecular complexity index is 1080. The normalized spacial score (nSPS) is 17.1. The molecule has 1 aliphatic heterocycles. The van der Waals surface area contributed by atoms with Crippen LogP contribution in [0.2, 0.25) is 0 Å². The van der Waals surface area contributed by atoms with Gasteiger partial charge in [-0.3, -0.25) is 14.5 Å². The first-order valence-corrected chi connectivity index (χ1v) is 9.01. The van der Waals surface area contributed by atoms with Crippen molar-refractivity contribution in [2.24, 2.45) is 0 Å². The summed E-state index contributed by atoms with van der Waals surface area (Å²) in [6.45, 7) is 0.632. The predicted octanol–water partition coefficient (Wildman–Crippen LogP) is 3.93. The van der Waals surface area contributed by atoms with Crippen LogP contribution >= 0.6 is 11.8 Å². The maximum atomic E-state index is 12.4. The molecule has 1 aromatic heterocycles. The molecule has 128 valence electrons. The summed E-state index contributed by atoms with van der Waals surface area (Å²) in [5.74, 6) is -0.179. The van der Waals surface area contributed by atoms with Crippen molar-refractivity contribution in [1.82, 2.24) is 9.47 Å². The topological polar surface area (TPSA) is 66.1 Å². The third-order valence-electron chi connectivity index (χ3n) is 4.59. The fraction of sp³-hybridized carbons (Fsp3) is 0.150. The van der Waals surface area contributed by atoms with Gasteiger partial charge in [-0.05, 0) is 47.2 Å². The second kappa shape index (κ2) is 6.36. The van der Waals surface area contributed by atoms with Gasteiger partial charge in [-0.15, -0.1) is 0 Å². The summed E-state index contributed by atoms with van der Waals surface area (Å²) in [6.07, 6.45) is 1.98. The molecular weight excluding hydrogens is 346 g/mol. The number of carbonyl (C=O) groups excluding carboxylic acids is 2. The summed E-state index contributed by atoms with van der Waals surface area (Å²) in [7, 11) is 1.52. The summed E-state index contributed by atoms with van der Waals surface area (Å²) in [4.78, 5) is 25.4. The van der Waals surface area contributed by atoms with Crippen molar-refractivity contribution >= 4 is 33.8 Å². The van der Waals surface area contributed by atoms with Crippen molar-refractivity contribution in [3.8, 4) is 6.07 Å². The number of carbonyl (C=O) groups is 2. The van der Waals surface area contributed by atoms with Crippen LogP contribution in [-0.2, 0) is 11.3 Å². The van der Waals surface area contributed by atoms with Crippen LogP contribution in [0.3, 0.4) is 0 Å². The average molecular weight is 361 g/mol. The van der Waals surface area contributed by atoms with E-state index in [1.165, 1.54) is 11.9 Å². The quantitative estimate of drug-likeness (QED) is 0.709. The van der Waals surface area contributed by atoms with E-state index in [0.29, 0.717) is 12.1 Å². The molecule has 2 aromatic carbocycles. The zero-order valence-corrected chi connectivity index (χ0v) is 14.9. The number of benzene rings is 2. The molecular formula is C20H15N3O2S. The molecule has 0 saturated carbocycles. The first-order valence-electron chi connectivity index (χ1n) is 8.13. The summed E-state index contributed by atoms with van der Waals surface area (Å²) in [5.41, 5.74) is 3.53. The van der Waals surface area contributed by atoms with Gasteiger partial charge in [-0.1, -0.05) is 24.3 Å². The molecule has 6 heteroatoms. The molecule has 1 aliphatic rings. The minimum Gasteiger partial charge on any atom is -0.343 e. The lowest BCUT2D eigenvalue weighted by molar-refractivity contribution is -0.125. The lowest BCUT2D eigenvalue weighted by Gasteiger charge is -2.11. The Morgan fingerprint density at radius 3 is 2.69 bits per heavy atom. The van der Waals surface area contributed by atoms with Gasteiger partial charge >= 0.3 is 0 Å². The second-order valence-corrected chi connectivity index (χ2v) is 7.25. The Hall–Kier alpha value is -3.04. The van der Waals surface area contributed by atoms with Crippen LogP contribution in [0, 0.1) is 11.3 Å². The van der Waals surface area contributed by atoms with Crippen LogP contribution in [0.15, 0.2) is 54.7 Å². The van der Waals surface area contributed by atoms with E-state index < -0.39 is 5.25 Å². The summed E-state index contributed by atoms with van der Waals surface area (Å²) in [5, 5.41) is 9.32. The molecule has 4 rings (SSSR count). The van der Waals surface area contributed by atoms with Gasteiger partial charge in [0.05, 0.1) is 11.6 Å². The van der Waals surface area contributed by atoms with E-state index in [0.717, 1.165) is 33.8 Å². The minimum absolute atomic E-state index is 0.179. The third-order valence-corrected chi connectivity index (χ3v) is 5.75. The highest BCUT2D eigenvalue weighted by Gasteiger charge is 2.38. The van der Waals surface area contributed by atoms with E-state index in [2.05, 4.69) is 10.6 Å². The van der Waals surface area contributed by atoms with Crippen LogP contribution in [0.5, 0.6) is 0 Å². The number of aromatic nitrogens is 1. The fourth-order valence-electron chi connectivity index (χ4n) is 3.24. The van der Waals surface area contributed by atoms with E-state index in [1.54, 1.807) is 6.07 Å². The van der Waals surface area contributed by atoms with Gasteiger partial charge in [-0.25, -0.2) is 0 Å². The Morgan fingerprint density at radius 2 is 1.96 bits per heavy atom. The predicted molar refractivity (Wildman–Crippen MR) is 101 cm³/mol. The Morgan fingerprint density at radius 1 is 1.15 bits per heavy atom. The number of hydrogen-bond acceptors (Lipinski definition) is 4. The van der Waals surface area contributed by atoms with Crippen molar-refractivity contribution in [3.63, 3.8) is 0 Å². The van der Waals surface area contributed by atoms with Gasteiger partial charge in [-0.2, -0.15) is 5.26 Å². The molecule has 1 fully saturated rings. The van der Waals surface area contributed by atoms with Gasteiger partial charge in [0.25, 0.3) is 5.24 Å². The lowest BCUT2D eigenvalue weighted by Crippen LogP contribution is -2.24. The number of likely N-dealkylation sites (N-methyl/N-ethyl adjacent to an activating group) is 1. The maximum absolute atomic E-state index is 12.4. The van der Waals surface area contributed by atoms with E-state index >= 15 is 0 Å². The minimum atomic E-state index is -0.492. The molecule has 1 saturated heterocycles. The fourth-order valence-corrected chi connectivity index (χ4v) is 4.28. The zero-order chi connectivity index (χ0) is 18.3. The van der Waals surface area contributed by atoms with E-state index in [-0.39, 0.29) is 11.1 Å². The van der Waals surface area contributed by atoms with Crippen LogP contribution < -0.4 is 0 Å². The number of nitrogens with zero attached hydrogens (tertiary/aromatic N) is 3. The largest absolute Gasteiger partial charge is 0.343 e. The standard InChI is InChI=1S/C20H15N3O2S/c1-22-19(24)18(26-20(22)25)16-6-3-7-17-15(16)8-9-23(17)12-14-5-2-4-13(10-14)11-21/h2-10,18H,12H2,1H3. The molecule has 1 atom stereocenters. The number of amides is 2. The molecule has 0 spiro atoms. The van der Waals surface area contributed by atoms with Crippen molar-refractivity contribution in [3.05, 3.63) is 71.4 Å². The SMILES string of the molecule is CN1C(=O)SC(c2cccc3c2ccn3Cc2cccc(C#N)c2)C1=O. The van der Waals surface area contributed by atoms with Gasteiger partial charge in [0.1, 0.15) is 5.25 Å². The number of rotatable bonds is 3. The summed E-state index contributed by atoms with van der Waals surface area (Å²) in [6, 6.07) is 17.5. The second-order valence-electron chi connectivity index (χ2n) is 6.20. The number of imide groups is 1.